The summed E-state index contributed by atoms with van der Waals surface area (Å²) < 4.78 is 1.18. The highest BCUT2D eigenvalue weighted by atomic mass is 79.9. The van der Waals surface area contributed by atoms with Gasteiger partial charge >= 0.3 is 0 Å². The molecule has 1 atom stereocenters. The lowest BCUT2D eigenvalue weighted by Gasteiger charge is -2.09. The molecule has 0 aliphatic carbocycles. The lowest BCUT2D eigenvalue weighted by Crippen LogP contribution is -1.94. The quantitative estimate of drug-likeness (QED) is 0.603. The summed E-state index contributed by atoms with van der Waals surface area (Å²) in [6.45, 7) is 6.38. The second-order valence-corrected chi connectivity index (χ2v) is 7.62. The van der Waals surface area contributed by atoms with E-state index in [2.05, 4.69) is 61.0 Å². The third-order valence-corrected chi connectivity index (χ3v) is 5.94. The van der Waals surface area contributed by atoms with E-state index in [0.717, 1.165) is 6.42 Å². The summed E-state index contributed by atoms with van der Waals surface area (Å²) in [5.74, 6) is 0. The number of hydrogen-bond donors (Lipinski definition) is 0. The van der Waals surface area contributed by atoms with E-state index in [1.807, 2.05) is 0 Å². The Morgan fingerprint density at radius 3 is 2.39 bits per heavy atom. The average molecular weight is 344 g/mol. The van der Waals surface area contributed by atoms with E-state index >= 15 is 0 Å². The van der Waals surface area contributed by atoms with Gasteiger partial charge in [-0.25, -0.2) is 0 Å². The number of hydrogen-bond acceptors (Lipinski definition) is 1. The van der Waals surface area contributed by atoms with E-state index in [0.29, 0.717) is 0 Å². The second kappa shape index (κ2) is 5.77. The first kappa shape index (κ1) is 14.1. The molecule has 0 aliphatic heterocycles. The van der Waals surface area contributed by atoms with Crippen LogP contribution in [0, 0.1) is 20.8 Å². The summed E-state index contributed by atoms with van der Waals surface area (Å²) in [6, 6.07) is 8.75. The number of aryl methyl sites for hydroxylation is 3. The van der Waals surface area contributed by atoms with Crippen LogP contribution >= 0.6 is 38.9 Å². The zero-order chi connectivity index (χ0) is 13.3. The number of benzene rings is 1. The fourth-order valence-corrected chi connectivity index (χ4v) is 3.80. The van der Waals surface area contributed by atoms with Crippen molar-refractivity contribution in [3.8, 4) is 0 Å². The molecule has 0 saturated heterocycles. The summed E-state index contributed by atoms with van der Waals surface area (Å²) in [7, 11) is 0. The Morgan fingerprint density at radius 2 is 1.83 bits per heavy atom. The predicted molar refractivity (Wildman–Crippen MR) is 85.0 cm³/mol. The van der Waals surface area contributed by atoms with Gasteiger partial charge in [-0.15, -0.1) is 22.9 Å². The molecule has 0 nitrogen and oxygen atoms in total. The maximum absolute atomic E-state index is 6.51. The maximum atomic E-state index is 6.51. The minimum Gasteiger partial charge on any atom is -0.131 e. The Labute approximate surface area is 126 Å². The Hall–Kier alpha value is -0.310. The van der Waals surface area contributed by atoms with Crippen molar-refractivity contribution in [1.29, 1.82) is 0 Å². The van der Waals surface area contributed by atoms with E-state index in [1.54, 1.807) is 11.3 Å². The highest BCUT2D eigenvalue weighted by Gasteiger charge is 2.13. The van der Waals surface area contributed by atoms with Crippen molar-refractivity contribution in [2.24, 2.45) is 0 Å². The number of alkyl halides is 1. The van der Waals surface area contributed by atoms with Crippen LogP contribution in [0.25, 0.3) is 0 Å². The van der Waals surface area contributed by atoms with Gasteiger partial charge in [-0.3, -0.25) is 0 Å². The highest BCUT2D eigenvalue weighted by Crippen LogP contribution is 2.36. The van der Waals surface area contributed by atoms with E-state index in [9.17, 15) is 0 Å². The molecule has 0 spiro atoms. The Morgan fingerprint density at radius 1 is 1.11 bits per heavy atom. The third-order valence-electron chi connectivity index (χ3n) is 3.17. The summed E-state index contributed by atoms with van der Waals surface area (Å²) in [5, 5.41) is 0.0575. The molecule has 0 saturated carbocycles. The summed E-state index contributed by atoms with van der Waals surface area (Å²) in [4.78, 5) is 1.24. The first-order valence-electron chi connectivity index (χ1n) is 5.93. The van der Waals surface area contributed by atoms with Gasteiger partial charge in [0.25, 0.3) is 0 Å². The van der Waals surface area contributed by atoms with Crippen LogP contribution in [-0.2, 0) is 6.42 Å². The minimum atomic E-state index is 0.0575. The number of thiophene rings is 1. The van der Waals surface area contributed by atoms with E-state index in [1.165, 1.54) is 30.9 Å². The molecule has 1 heterocycles. The Bertz CT molecular complexity index is 540. The monoisotopic (exact) mass is 342 g/mol. The van der Waals surface area contributed by atoms with Crippen molar-refractivity contribution >= 4 is 38.9 Å². The SMILES string of the molecule is Cc1ccc(CC(Cl)c2cc(C)c(Br)s2)cc1C. The zero-order valence-electron chi connectivity index (χ0n) is 10.8. The van der Waals surface area contributed by atoms with Gasteiger partial charge in [0.2, 0.25) is 0 Å². The molecule has 0 amide bonds. The molecule has 0 fully saturated rings. The molecule has 96 valence electrons. The standard InChI is InChI=1S/C15H16BrClS/c1-9-4-5-12(6-10(9)2)8-13(17)14-7-11(3)15(16)18-14/h4-7,13H,8H2,1-3H3. The van der Waals surface area contributed by atoms with Crippen LogP contribution in [0.3, 0.4) is 0 Å². The second-order valence-electron chi connectivity index (χ2n) is 4.70. The van der Waals surface area contributed by atoms with Crippen molar-refractivity contribution in [3.05, 3.63) is 55.2 Å². The molecule has 18 heavy (non-hydrogen) atoms. The molecule has 1 aromatic carbocycles. The Balaban J connectivity index is 2.15. The first-order chi connectivity index (χ1) is 8.47. The molecule has 2 aromatic rings. The summed E-state index contributed by atoms with van der Waals surface area (Å²) in [5.41, 5.74) is 5.24. The lowest BCUT2D eigenvalue weighted by atomic mass is 10.0. The van der Waals surface area contributed by atoms with E-state index in [-0.39, 0.29) is 5.38 Å². The van der Waals surface area contributed by atoms with E-state index < -0.39 is 0 Å². The van der Waals surface area contributed by atoms with Crippen molar-refractivity contribution in [2.45, 2.75) is 32.6 Å². The van der Waals surface area contributed by atoms with Crippen LogP contribution in [0.2, 0.25) is 0 Å². The molecule has 0 aliphatic rings. The number of rotatable bonds is 3. The lowest BCUT2D eigenvalue weighted by molar-refractivity contribution is 0.936. The van der Waals surface area contributed by atoms with Crippen LogP contribution in [0.15, 0.2) is 28.1 Å². The molecule has 1 unspecified atom stereocenters. The van der Waals surface area contributed by atoms with Crippen LogP contribution in [0.1, 0.15) is 32.5 Å². The largest absolute Gasteiger partial charge is 0.131 e. The third kappa shape index (κ3) is 3.17. The molecular weight excluding hydrogens is 328 g/mol. The number of halogens is 2. The Kier molecular flexibility index (Phi) is 4.52. The van der Waals surface area contributed by atoms with Gasteiger partial charge in [-0.1, -0.05) is 18.2 Å². The molecule has 0 N–H and O–H groups in total. The zero-order valence-corrected chi connectivity index (χ0v) is 13.9. The normalized spacial score (nSPS) is 12.7. The molecule has 3 heteroatoms. The van der Waals surface area contributed by atoms with Gasteiger partial charge in [0, 0.05) is 4.88 Å². The first-order valence-corrected chi connectivity index (χ1v) is 7.98. The smallest absolute Gasteiger partial charge is 0.0731 e. The van der Waals surface area contributed by atoms with Gasteiger partial charge in [0.15, 0.2) is 0 Å². The van der Waals surface area contributed by atoms with Crippen LogP contribution in [0.4, 0.5) is 0 Å². The molecule has 0 bridgehead atoms. The minimum absolute atomic E-state index is 0.0575. The maximum Gasteiger partial charge on any atom is 0.0731 e. The van der Waals surface area contributed by atoms with Crippen LogP contribution in [-0.4, -0.2) is 0 Å². The van der Waals surface area contributed by atoms with Gasteiger partial charge < -0.3 is 0 Å². The fraction of sp³-hybridized carbons (Fsp3) is 0.333. The molecule has 0 radical (unpaired) electrons. The van der Waals surface area contributed by atoms with Crippen molar-refractivity contribution in [1.82, 2.24) is 0 Å². The topological polar surface area (TPSA) is 0 Å². The van der Waals surface area contributed by atoms with Crippen LogP contribution in [0.5, 0.6) is 0 Å². The van der Waals surface area contributed by atoms with Crippen molar-refractivity contribution in [3.63, 3.8) is 0 Å². The predicted octanol–water partition coefficient (Wildman–Crippen LogP) is 5.96. The van der Waals surface area contributed by atoms with Gasteiger partial charge in [-0.2, -0.15) is 0 Å². The van der Waals surface area contributed by atoms with Crippen LogP contribution < -0.4 is 0 Å². The molecular formula is C15H16BrClS. The fourth-order valence-electron chi connectivity index (χ4n) is 1.88. The summed E-state index contributed by atoms with van der Waals surface area (Å²) in [6.07, 6.45) is 0.884. The van der Waals surface area contributed by atoms with Gasteiger partial charge in [0.05, 0.1) is 9.16 Å². The van der Waals surface area contributed by atoms with Crippen molar-refractivity contribution in [2.75, 3.05) is 0 Å². The molecule has 2 rings (SSSR count). The average Bonchev–Trinajstić information content (AvgIpc) is 2.65. The van der Waals surface area contributed by atoms with Gasteiger partial charge in [0.1, 0.15) is 0 Å². The summed E-state index contributed by atoms with van der Waals surface area (Å²) >= 11 is 11.8. The van der Waals surface area contributed by atoms with Gasteiger partial charge in [-0.05, 0) is 71.4 Å². The van der Waals surface area contributed by atoms with E-state index in [4.69, 9.17) is 11.6 Å². The van der Waals surface area contributed by atoms with Crippen molar-refractivity contribution < 1.29 is 0 Å². The highest BCUT2D eigenvalue weighted by molar-refractivity contribution is 9.11. The molecule has 1 aromatic heterocycles.